The first-order valence-corrected chi connectivity index (χ1v) is 5.88. The highest BCUT2D eigenvalue weighted by molar-refractivity contribution is 6.18. The molecule has 0 aliphatic carbocycles. The summed E-state index contributed by atoms with van der Waals surface area (Å²) in [4.78, 5) is 32.0. The summed E-state index contributed by atoms with van der Waals surface area (Å²) in [6.45, 7) is 0.0489. The van der Waals surface area contributed by atoms with Gasteiger partial charge in [-0.3, -0.25) is 4.79 Å². The summed E-state index contributed by atoms with van der Waals surface area (Å²) in [5, 5.41) is 11.7. The quantitative estimate of drug-likeness (QED) is 0.280. The molecule has 0 bridgehead atoms. The summed E-state index contributed by atoms with van der Waals surface area (Å²) in [6, 6.07) is -0.939. The van der Waals surface area contributed by atoms with Crippen molar-refractivity contribution in [3.8, 4) is 0 Å². The molecule has 3 N–H and O–H groups in total. The number of hydrogen-bond donors (Lipinski definition) is 2. The van der Waals surface area contributed by atoms with Gasteiger partial charge in [0.1, 0.15) is 12.6 Å². The van der Waals surface area contributed by atoms with E-state index in [0.29, 0.717) is 17.9 Å². The molecule has 1 atom stereocenters. The average molecular weight is 282 g/mol. The zero-order chi connectivity index (χ0) is 14.0. The highest BCUT2D eigenvalue weighted by Gasteiger charge is 2.16. The maximum atomic E-state index is 11.2. The number of nitrogens with zero attached hydrogens (tertiary/aromatic N) is 2. The normalized spacial score (nSPS) is 11.7. The third kappa shape index (κ3) is 7.02. The van der Waals surface area contributed by atoms with Crippen LogP contribution in [0.5, 0.6) is 0 Å². The van der Waals surface area contributed by atoms with Crippen molar-refractivity contribution in [2.24, 2.45) is 11.0 Å². The minimum absolute atomic E-state index is 0.00367. The van der Waals surface area contributed by atoms with Crippen LogP contribution in [0.2, 0.25) is 0 Å². The molecule has 0 aromatic carbocycles. The van der Waals surface area contributed by atoms with Crippen molar-refractivity contribution in [3.63, 3.8) is 0 Å². The second-order valence-corrected chi connectivity index (χ2v) is 3.83. The molecule has 0 saturated heterocycles. The minimum Gasteiger partial charge on any atom is -0.480 e. The Kier molecular flexibility index (Phi) is 8.85. The SMILES string of the molecule is N[C@@H](CCCCN(N=O)C(=O)OCCCl)C(=O)O. The van der Waals surface area contributed by atoms with Crippen LogP contribution in [0, 0.1) is 4.91 Å². The van der Waals surface area contributed by atoms with Crippen molar-refractivity contribution in [2.45, 2.75) is 25.3 Å². The molecule has 0 saturated carbocycles. The maximum absolute atomic E-state index is 11.2. The van der Waals surface area contributed by atoms with Crippen molar-refractivity contribution in [3.05, 3.63) is 4.91 Å². The number of nitroso groups, excluding NO2 is 1. The number of carbonyl (C=O) groups excluding carboxylic acids is 1. The van der Waals surface area contributed by atoms with Gasteiger partial charge in [0.25, 0.3) is 0 Å². The van der Waals surface area contributed by atoms with Gasteiger partial charge in [-0.2, -0.15) is 5.01 Å². The number of hydrogen-bond acceptors (Lipinski definition) is 6. The lowest BCUT2D eigenvalue weighted by Crippen LogP contribution is -2.31. The molecule has 9 heteroatoms. The summed E-state index contributed by atoms with van der Waals surface area (Å²) in [5.74, 6) is -0.951. The topological polar surface area (TPSA) is 122 Å². The zero-order valence-corrected chi connectivity index (χ0v) is 10.5. The van der Waals surface area contributed by atoms with Crippen LogP contribution < -0.4 is 5.73 Å². The summed E-state index contributed by atoms with van der Waals surface area (Å²) in [5.41, 5.74) is 5.29. The number of nitrogens with two attached hydrogens (primary N) is 1. The van der Waals surface area contributed by atoms with Gasteiger partial charge in [-0.25, -0.2) is 4.79 Å². The van der Waals surface area contributed by atoms with Gasteiger partial charge in [0.15, 0.2) is 0 Å². The molecule has 8 nitrogen and oxygen atoms in total. The standard InChI is InChI=1S/C9H16ClN3O5/c10-4-6-18-9(16)13(12-17)5-2-1-3-7(11)8(14)15/h7H,1-6,11H2,(H,14,15)/t7-/m0/s1. The molecule has 0 radical (unpaired) electrons. The van der Waals surface area contributed by atoms with Crippen LogP contribution >= 0.6 is 11.6 Å². The van der Waals surface area contributed by atoms with Crippen LogP contribution in [0.4, 0.5) is 4.79 Å². The number of unbranched alkanes of at least 4 members (excludes halogenated alkanes) is 1. The van der Waals surface area contributed by atoms with E-state index in [1.165, 1.54) is 0 Å². The van der Waals surface area contributed by atoms with Gasteiger partial charge in [0.2, 0.25) is 0 Å². The van der Waals surface area contributed by atoms with Gasteiger partial charge in [0.05, 0.1) is 17.7 Å². The molecule has 18 heavy (non-hydrogen) atoms. The van der Waals surface area contributed by atoms with E-state index in [2.05, 4.69) is 10.0 Å². The van der Waals surface area contributed by atoms with Crippen LogP contribution in [0.3, 0.4) is 0 Å². The first-order chi connectivity index (χ1) is 8.52. The zero-order valence-electron chi connectivity index (χ0n) is 9.75. The van der Waals surface area contributed by atoms with E-state index in [4.69, 9.17) is 22.4 Å². The molecule has 0 aromatic heterocycles. The molecular weight excluding hydrogens is 266 g/mol. The summed E-state index contributed by atoms with van der Waals surface area (Å²) in [6.07, 6.45) is 0.261. The predicted octanol–water partition coefficient (Wildman–Crippen LogP) is 0.927. The van der Waals surface area contributed by atoms with Gasteiger partial charge in [-0.15, -0.1) is 16.5 Å². The van der Waals surface area contributed by atoms with E-state index in [1.54, 1.807) is 0 Å². The first kappa shape index (κ1) is 16.6. The molecule has 0 rings (SSSR count). The summed E-state index contributed by atoms with van der Waals surface area (Å²) in [7, 11) is 0. The van der Waals surface area contributed by atoms with Crippen molar-refractivity contribution >= 4 is 23.7 Å². The van der Waals surface area contributed by atoms with Crippen LogP contribution in [0.1, 0.15) is 19.3 Å². The Labute approximate surface area is 109 Å². The van der Waals surface area contributed by atoms with Crippen molar-refractivity contribution in [2.75, 3.05) is 19.0 Å². The fourth-order valence-corrected chi connectivity index (χ4v) is 1.19. The Bertz CT molecular complexity index is 289. The van der Waals surface area contributed by atoms with Crippen LogP contribution in [-0.4, -0.2) is 47.3 Å². The third-order valence-electron chi connectivity index (χ3n) is 2.06. The summed E-state index contributed by atoms with van der Waals surface area (Å²) >= 11 is 5.31. The maximum Gasteiger partial charge on any atom is 0.433 e. The Balaban J connectivity index is 3.83. The van der Waals surface area contributed by atoms with Crippen molar-refractivity contribution in [1.82, 2.24) is 5.01 Å². The fraction of sp³-hybridized carbons (Fsp3) is 0.778. The second kappa shape index (κ2) is 9.60. The average Bonchev–Trinajstić information content (AvgIpc) is 2.35. The molecule has 0 unspecified atom stereocenters. The van der Waals surface area contributed by atoms with E-state index in [9.17, 15) is 14.5 Å². The van der Waals surface area contributed by atoms with E-state index < -0.39 is 18.1 Å². The third-order valence-corrected chi connectivity index (χ3v) is 2.22. The second-order valence-electron chi connectivity index (χ2n) is 3.45. The first-order valence-electron chi connectivity index (χ1n) is 5.34. The number of rotatable bonds is 9. The van der Waals surface area contributed by atoms with Crippen LogP contribution in [-0.2, 0) is 9.53 Å². The number of halogens is 1. The number of ether oxygens (including phenoxy) is 1. The van der Waals surface area contributed by atoms with Gasteiger partial charge < -0.3 is 15.6 Å². The molecule has 0 aromatic rings. The molecule has 0 fully saturated rings. The Hall–Kier alpha value is -1.41. The number of carbonyl (C=O) groups is 2. The number of aliphatic carboxylic acids is 1. The molecule has 1 amide bonds. The lowest BCUT2D eigenvalue weighted by molar-refractivity contribution is -0.138. The number of alkyl halides is 1. The smallest absolute Gasteiger partial charge is 0.433 e. The highest BCUT2D eigenvalue weighted by atomic mass is 35.5. The number of carboxylic acids is 1. The highest BCUT2D eigenvalue weighted by Crippen LogP contribution is 2.04. The van der Waals surface area contributed by atoms with Gasteiger partial charge in [-0.1, -0.05) is 0 Å². The molecule has 0 aliphatic rings. The molecule has 104 valence electrons. The Morgan fingerprint density at radius 2 is 2.11 bits per heavy atom. The van der Waals surface area contributed by atoms with Crippen molar-refractivity contribution in [1.29, 1.82) is 0 Å². The lowest BCUT2D eigenvalue weighted by atomic mass is 10.1. The van der Waals surface area contributed by atoms with Crippen LogP contribution in [0.15, 0.2) is 5.29 Å². The fourth-order valence-electron chi connectivity index (χ4n) is 1.12. The largest absolute Gasteiger partial charge is 0.480 e. The Morgan fingerprint density at radius 1 is 1.44 bits per heavy atom. The minimum atomic E-state index is -1.08. The lowest BCUT2D eigenvalue weighted by Gasteiger charge is -2.13. The van der Waals surface area contributed by atoms with E-state index in [-0.39, 0.29) is 25.5 Å². The van der Waals surface area contributed by atoms with Gasteiger partial charge >= 0.3 is 12.1 Å². The molecule has 0 heterocycles. The molecule has 0 aliphatic heterocycles. The van der Waals surface area contributed by atoms with Gasteiger partial charge in [0, 0.05) is 0 Å². The Morgan fingerprint density at radius 3 is 2.61 bits per heavy atom. The van der Waals surface area contributed by atoms with E-state index >= 15 is 0 Å². The van der Waals surface area contributed by atoms with E-state index in [1.807, 2.05) is 0 Å². The summed E-state index contributed by atoms with van der Waals surface area (Å²) < 4.78 is 4.60. The number of carboxylic acid groups (broad SMARTS) is 1. The molecular formula is C9H16ClN3O5. The predicted molar refractivity (Wildman–Crippen MR) is 64.0 cm³/mol. The van der Waals surface area contributed by atoms with Gasteiger partial charge in [-0.05, 0) is 19.3 Å². The van der Waals surface area contributed by atoms with E-state index in [0.717, 1.165) is 0 Å². The van der Waals surface area contributed by atoms with Crippen molar-refractivity contribution < 1.29 is 19.4 Å². The van der Waals surface area contributed by atoms with Crippen LogP contribution in [0.25, 0.3) is 0 Å². The monoisotopic (exact) mass is 281 g/mol. The number of amides is 1. The molecule has 0 spiro atoms.